The lowest BCUT2D eigenvalue weighted by atomic mass is 10.1. The molecular weight excluding hydrogens is 388 g/mol. The Bertz CT molecular complexity index is 969. The van der Waals surface area contributed by atoms with Crippen LogP contribution in [-0.4, -0.2) is 36.0 Å². The SMILES string of the molecule is CC(=O)Nc1ccc(C(=O)COC(=O)CCC(=O)c2ccccc2)c(NC(C)=O)c1. The number of carbonyl (C=O) groups excluding carboxylic acids is 5. The van der Waals surface area contributed by atoms with Gasteiger partial charge in [0.25, 0.3) is 0 Å². The summed E-state index contributed by atoms with van der Waals surface area (Å²) in [4.78, 5) is 59.0. The van der Waals surface area contributed by atoms with E-state index in [0.29, 0.717) is 11.3 Å². The molecule has 0 radical (unpaired) electrons. The van der Waals surface area contributed by atoms with Crippen molar-refractivity contribution in [1.82, 2.24) is 0 Å². The van der Waals surface area contributed by atoms with Gasteiger partial charge in [0.1, 0.15) is 0 Å². The molecule has 30 heavy (non-hydrogen) atoms. The Kier molecular flexibility index (Phi) is 7.99. The van der Waals surface area contributed by atoms with Crippen LogP contribution in [0.15, 0.2) is 48.5 Å². The molecule has 0 bridgehead atoms. The van der Waals surface area contributed by atoms with Gasteiger partial charge in [0.15, 0.2) is 12.4 Å². The molecule has 2 aromatic rings. The van der Waals surface area contributed by atoms with E-state index in [4.69, 9.17) is 4.74 Å². The molecule has 2 aromatic carbocycles. The maximum absolute atomic E-state index is 12.5. The quantitative estimate of drug-likeness (QED) is 0.485. The van der Waals surface area contributed by atoms with E-state index in [1.54, 1.807) is 30.3 Å². The van der Waals surface area contributed by atoms with E-state index >= 15 is 0 Å². The van der Waals surface area contributed by atoms with Gasteiger partial charge in [-0.05, 0) is 18.2 Å². The molecule has 0 unspecified atom stereocenters. The van der Waals surface area contributed by atoms with Gasteiger partial charge in [-0.3, -0.25) is 24.0 Å². The summed E-state index contributed by atoms with van der Waals surface area (Å²) in [5.74, 6) is -2.11. The van der Waals surface area contributed by atoms with Crippen molar-refractivity contribution in [2.24, 2.45) is 0 Å². The Labute approximate surface area is 173 Å². The van der Waals surface area contributed by atoms with Crippen molar-refractivity contribution in [3.8, 4) is 0 Å². The van der Waals surface area contributed by atoms with Gasteiger partial charge in [-0.25, -0.2) is 0 Å². The maximum Gasteiger partial charge on any atom is 0.306 e. The van der Waals surface area contributed by atoms with Gasteiger partial charge >= 0.3 is 5.97 Å². The summed E-state index contributed by atoms with van der Waals surface area (Å²) < 4.78 is 4.98. The molecule has 0 heterocycles. The first-order valence-corrected chi connectivity index (χ1v) is 9.22. The Morgan fingerprint density at radius 2 is 1.47 bits per heavy atom. The predicted molar refractivity (Wildman–Crippen MR) is 110 cm³/mol. The fraction of sp³-hybridized carbons (Fsp3) is 0.227. The van der Waals surface area contributed by atoms with E-state index in [1.165, 1.54) is 32.0 Å². The molecule has 0 saturated heterocycles. The maximum atomic E-state index is 12.5. The molecule has 2 rings (SSSR count). The van der Waals surface area contributed by atoms with Gasteiger partial charge in [0, 0.05) is 37.1 Å². The zero-order valence-electron chi connectivity index (χ0n) is 16.7. The normalized spacial score (nSPS) is 10.1. The van der Waals surface area contributed by atoms with Gasteiger partial charge in [-0.2, -0.15) is 0 Å². The topological polar surface area (TPSA) is 119 Å². The number of amides is 2. The second-order valence-electron chi connectivity index (χ2n) is 6.50. The number of Topliss-reactive ketones (excluding diaryl/α,β-unsaturated/α-hetero) is 2. The highest BCUT2D eigenvalue weighted by Crippen LogP contribution is 2.22. The van der Waals surface area contributed by atoms with Gasteiger partial charge < -0.3 is 15.4 Å². The molecule has 0 aliphatic heterocycles. The lowest BCUT2D eigenvalue weighted by molar-refractivity contribution is -0.142. The van der Waals surface area contributed by atoms with Crippen molar-refractivity contribution in [2.45, 2.75) is 26.7 Å². The third kappa shape index (κ3) is 6.97. The second-order valence-corrected chi connectivity index (χ2v) is 6.50. The predicted octanol–water partition coefficient (Wildman–Crippen LogP) is 2.99. The number of nitrogens with one attached hydrogen (secondary N) is 2. The number of anilines is 2. The Balaban J connectivity index is 1.96. The minimum absolute atomic E-state index is 0.0282. The number of hydrogen-bond acceptors (Lipinski definition) is 6. The zero-order chi connectivity index (χ0) is 22.1. The molecular formula is C22H22N2O6. The molecule has 0 aliphatic rings. The summed E-state index contributed by atoms with van der Waals surface area (Å²) in [6.07, 6.45) is -0.180. The van der Waals surface area contributed by atoms with Crippen LogP contribution in [-0.2, 0) is 19.1 Å². The fourth-order valence-electron chi connectivity index (χ4n) is 2.64. The number of hydrogen-bond donors (Lipinski definition) is 2. The summed E-state index contributed by atoms with van der Waals surface area (Å²) in [7, 11) is 0. The van der Waals surface area contributed by atoms with Crippen LogP contribution in [0, 0.1) is 0 Å². The van der Waals surface area contributed by atoms with Crippen LogP contribution < -0.4 is 10.6 Å². The molecule has 0 saturated carbocycles. The average molecular weight is 410 g/mol. The van der Waals surface area contributed by atoms with E-state index in [2.05, 4.69) is 10.6 Å². The number of benzene rings is 2. The van der Waals surface area contributed by atoms with Crippen LogP contribution in [0.3, 0.4) is 0 Å². The van der Waals surface area contributed by atoms with Crippen LogP contribution in [0.5, 0.6) is 0 Å². The van der Waals surface area contributed by atoms with Crippen molar-refractivity contribution >= 4 is 40.7 Å². The third-order valence-electron chi connectivity index (χ3n) is 3.97. The molecule has 0 fully saturated rings. The number of esters is 1. The van der Waals surface area contributed by atoms with Crippen molar-refractivity contribution in [3.63, 3.8) is 0 Å². The summed E-state index contributed by atoms with van der Waals surface area (Å²) in [6.45, 7) is 2.08. The van der Waals surface area contributed by atoms with Crippen molar-refractivity contribution in [1.29, 1.82) is 0 Å². The van der Waals surface area contributed by atoms with Gasteiger partial charge in [0.2, 0.25) is 17.6 Å². The van der Waals surface area contributed by atoms with Gasteiger partial charge in [0.05, 0.1) is 12.1 Å². The fourth-order valence-corrected chi connectivity index (χ4v) is 2.64. The van der Waals surface area contributed by atoms with Crippen LogP contribution >= 0.6 is 0 Å². The van der Waals surface area contributed by atoms with Crippen molar-refractivity contribution in [3.05, 3.63) is 59.7 Å². The molecule has 2 amide bonds. The molecule has 156 valence electrons. The van der Waals surface area contributed by atoms with E-state index in [1.807, 2.05) is 0 Å². The van der Waals surface area contributed by atoms with E-state index in [-0.39, 0.29) is 35.8 Å². The largest absolute Gasteiger partial charge is 0.457 e. The van der Waals surface area contributed by atoms with E-state index < -0.39 is 24.3 Å². The molecule has 8 heteroatoms. The highest BCUT2D eigenvalue weighted by Gasteiger charge is 2.17. The molecule has 0 atom stereocenters. The minimum Gasteiger partial charge on any atom is -0.457 e. The monoisotopic (exact) mass is 410 g/mol. The minimum atomic E-state index is -0.677. The molecule has 0 spiro atoms. The lowest BCUT2D eigenvalue weighted by Crippen LogP contribution is -2.18. The van der Waals surface area contributed by atoms with Gasteiger partial charge in [-0.15, -0.1) is 0 Å². The summed E-state index contributed by atoms with van der Waals surface area (Å²) in [5, 5.41) is 5.07. The Morgan fingerprint density at radius 1 is 0.800 bits per heavy atom. The number of carbonyl (C=O) groups is 5. The van der Waals surface area contributed by atoms with E-state index in [9.17, 15) is 24.0 Å². The average Bonchev–Trinajstić information content (AvgIpc) is 2.70. The van der Waals surface area contributed by atoms with Crippen LogP contribution in [0.1, 0.15) is 47.4 Å². The van der Waals surface area contributed by atoms with Crippen molar-refractivity contribution in [2.75, 3.05) is 17.2 Å². The Morgan fingerprint density at radius 3 is 2.10 bits per heavy atom. The standard InChI is InChI=1S/C22H22N2O6/c1-14(25)23-17-8-9-18(19(12-17)24-15(2)26)21(28)13-30-22(29)11-10-20(27)16-6-4-3-5-7-16/h3-9,12H,10-11,13H2,1-2H3,(H,23,25)(H,24,26). The summed E-state index contributed by atoms with van der Waals surface area (Å²) in [5.41, 5.74) is 1.22. The molecule has 2 N–H and O–H groups in total. The molecule has 0 aromatic heterocycles. The number of rotatable bonds is 9. The first kappa shape index (κ1) is 22.5. The summed E-state index contributed by atoms with van der Waals surface area (Å²) >= 11 is 0. The van der Waals surface area contributed by atoms with E-state index in [0.717, 1.165) is 0 Å². The van der Waals surface area contributed by atoms with Crippen LogP contribution in [0.25, 0.3) is 0 Å². The van der Waals surface area contributed by atoms with Crippen LogP contribution in [0.2, 0.25) is 0 Å². The third-order valence-corrected chi connectivity index (χ3v) is 3.97. The smallest absolute Gasteiger partial charge is 0.306 e. The molecule has 8 nitrogen and oxygen atoms in total. The Hall–Kier alpha value is -3.81. The lowest BCUT2D eigenvalue weighted by Gasteiger charge is -2.12. The highest BCUT2D eigenvalue weighted by atomic mass is 16.5. The first-order valence-electron chi connectivity index (χ1n) is 9.22. The zero-order valence-corrected chi connectivity index (χ0v) is 16.7. The van der Waals surface area contributed by atoms with Crippen LogP contribution in [0.4, 0.5) is 11.4 Å². The van der Waals surface area contributed by atoms with Crippen molar-refractivity contribution < 1.29 is 28.7 Å². The van der Waals surface area contributed by atoms with Gasteiger partial charge in [-0.1, -0.05) is 30.3 Å². The second kappa shape index (κ2) is 10.7. The summed E-state index contributed by atoms with van der Waals surface area (Å²) in [6, 6.07) is 12.9. The number of ketones is 2. The highest BCUT2D eigenvalue weighted by molar-refractivity contribution is 6.06. The first-order chi connectivity index (χ1) is 14.3. The molecule has 0 aliphatic carbocycles. The number of ether oxygens (including phenoxy) is 1.